The van der Waals surface area contributed by atoms with Crippen molar-refractivity contribution in [3.63, 3.8) is 0 Å². The normalized spacial score (nSPS) is 9.94. The van der Waals surface area contributed by atoms with Crippen LogP contribution < -0.4 is 5.56 Å². The highest BCUT2D eigenvalue weighted by Crippen LogP contribution is 2.06. The molecule has 0 saturated carbocycles. The van der Waals surface area contributed by atoms with Crippen LogP contribution in [0.5, 0.6) is 0 Å². The number of methoxy groups -OCH3 is 1. The number of rotatable bonds is 2. The van der Waals surface area contributed by atoms with E-state index < -0.39 is 5.97 Å². The second-order valence-electron chi connectivity index (χ2n) is 3.30. The molecule has 0 saturated heterocycles. The summed E-state index contributed by atoms with van der Waals surface area (Å²) in [6.07, 6.45) is 3.05. The molecule has 17 heavy (non-hydrogen) atoms. The van der Waals surface area contributed by atoms with E-state index in [9.17, 15) is 9.59 Å². The first-order chi connectivity index (χ1) is 8.22. The Labute approximate surface area is 97.3 Å². The molecule has 5 heteroatoms. The van der Waals surface area contributed by atoms with Gasteiger partial charge in [-0.1, -0.05) is 6.07 Å². The molecule has 0 bridgehead atoms. The molecule has 2 aromatic rings. The van der Waals surface area contributed by atoms with E-state index in [1.54, 1.807) is 18.3 Å². The minimum atomic E-state index is -0.461. The van der Waals surface area contributed by atoms with Gasteiger partial charge in [0.05, 0.1) is 12.7 Å². The topological polar surface area (TPSA) is 61.2 Å². The molecule has 0 N–H and O–H groups in total. The lowest BCUT2D eigenvalue weighted by Crippen LogP contribution is -2.17. The zero-order valence-electron chi connectivity index (χ0n) is 9.16. The zero-order chi connectivity index (χ0) is 12.3. The van der Waals surface area contributed by atoms with Gasteiger partial charge in [0.2, 0.25) is 0 Å². The van der Waals surface area contributed by atoms with E-state index in [0.29, 0.717) is 11.4 Å². The molecular formula is C12H10N2O3. The van der Waals surface area contributed by atoms with Gasteiger partial charge in [0.15, 0.2) is 0 Å². The van der Waals surface area contributed by atoms with Crippen molar-refractivity contribution in [1.29, 1.82) is 0 Å². The zero-order valence-corrected chi connectivity index (χ0v) is 9.16. The molecule has 0 fully saturated rings. The summed E-state index contributed by atoms with van der Waals surface area (Å²) in [5.41, 5.74) is 0.148. The summed E-state index contributed by atoms with van der Waals surface area (Å²) < 4.78 is 5.96. The minimum Gasteiger partial charge on any atom is -0.465 e. The van der Waals surface area contributed by atoms with Crippen LogP contribution in [0.2, 0.25) is 0 Å². The van der Waals surface area contributed by atoms with E-state index in [1.807, 2.05) is 0 Å². The van der Waals surface area contributed by atoms with Gasteiger partial charge in [0.25, 0.3) is 5.56 Å². The van der Waals surface area contributed by atoms with Gasteiger partial charge in [-0.15, -0.1) is 0 Å². The van der Waals surface area contributed by atoms with Gasteiger partial charge in [-0.3, -0.25) is 9.36 Å². The average Bonchev–Trinajstić information content (AvgIpc) is 2.38. The second kappa shape index (κ2) is 4.61. The summed E-state index contributed by atoms with van der Waals surface area (Å²) in [7, 11) is 1.30. The highest BCUT2D eigenvalue weighted by atomic mass is 16.5. The molecule has 0 aromatic carbocycles. The highest BCUT2D eigenvalue weighted by Gasteiger charge is 2.07. The summed E-state index contributed by atoms with van der Waals surface area (Å²) in [5, 5.41) is 0. The summed E-state index contributed by atoms with van der Waals surface area (Å²) in [5.74, 6) is -0.0730. The third-order valence-electron chi connectivity index (χ3n) is 2.24. The Bertz CT molecular complexity index is 604. The Hall–Kier alpha value is -2.43. The number of ether oxygens (including phenoxy) is 1. The molecule has 0 aliphatic heterocycles. The number of esters is 1. The molecular weight excluding hydrogens is 220 g/mol. The number of hydrogen-bond acceptors (Lipinski definition) is 4. The number of hydrogen-bond donors (Lipinski definition) is 0. The van der Waals surface area contributed by atoms with Crippen molar-refractivity contribution in [1.82, 2.24) is 9.55 Å². The minimum absolute atomic E-state index is 0.206. The largest absolute Gasteiger partial charge is 0.465 e. The van der Waals surface area contributed by atoms with E-state index in [0.717, 1.165) is 0 Å². The Morgan fingerprint density at radius 1 is 1.35 bits per heavy atom. The molecule has 0 amide bonds. The van der Waals surface area contributed by atoms with Crippen LogP contribution in [0.4, 0.5) is 0 Å². The maximum atomic E-state index is 11.6. The van der Waals surface area contributed by atoms with Crippen LogP contribution in [0.1, 0.15) is 10.4 Å². The molecule has 0 aliphatic carbocycles. The number of aromatic nitrogens is 2. The average molecular weight is 230 g/mol. The van der Waals surface area contributed by atoms with Crippen LogP contribution in [0, 0.1) is 0 Å². The van der Waals surface area contributed by atoms with Crippen LogP contribution in [-0.4, -0.2) is 22.6 Å². The monoisotopic (exact) mass is 230 g/mol. The number of pyridine rings is 2. The molecule has 0 atom stereocenters. The Balaban J connectivity index is 2.51. The first-order valence-corrected chi connectivity index (χ1v) is 4.95. The molecule has 2 heterocycles. The lowest BCUT2D eigenvalue weighted by atomic mass is 10.2. The van der Waals surface area contributed by atoms with Gasteiger partial charge in [0, 0.05) is 18.5 Å². The molecule has 0 aliphatic rings. The van der Waals surface area contributed by atoms with Crippen LogP contribution in [0.3, 0.4) is 0 Å². The van der Waals surface area contributed by atoms with Gasteiger partial charge < -0.3 is 4.74 Å². The summed E-state index contributed by atoms with van der Waals surface area (Å²) in [6, 6.07) is 7.82. The fourth-order valence-corrected chi connectivity index (χ4v) is 1.41. The van der Waals surface area contributed by atoms with Gasteiger partial charge in [0.1, 0.15) is 5.82 Å². The van der Waals surface area contributed by atoms with E-state index >= 15 is 0 Å². The standard InChI is InChI=1S/C12H10N2O3/c1-17-12(16)9-5-6-13-10(8-9)14-7-3-2-4-11(14)15/h2-8H,1H3. The first-order valence-electron chi connectivity index (χ1n) is 4.95. The van der Waals surface area contributed by atoms with Crippen molar-refractivity contribution in [2.45, 2.75) is 0 Å². The highest BCUT2D eigenvalue weighted by molar-refractivity contribution is 5.89. The summed E-state index contributed by atoms with van der Waals surface area (Å²) in [4.78, 5) is 27.0. The lowest BCUT2D eigenvalue weighted by molar-refractivity contribution is 0.0600. The van der Waals surface area contributed by atoms with Crippen molar-refractivity contribution < 1.29 is 9.53 Å². The van der Waals surface area contributed by atoms with E-state index in [-0.39, 0.29) is 5.56 Å². The van der Waals surface area contributed by atoms with E-state index in [4.69, 9.17) is 0 Å². The van der Waals surface area contributed by atoms with Gasteiger partial charge in [-0.05, 0) is 18.2 Å². The third-order valence-corrected chi connectivity index (χ3v) is 2.24. The van der Waals surface area contributed by atoms with Gasteiger partial charge >= 0.3 is 5.97 Å². The van der Waals surface area contributed by atoms with Crippen molar-refractivity contribution in [2.75, 3.05) is 7.11 Å². The lowest BCUT2D eigenvalue weighted by Gasteiger charge is -2.05. The fourth-order valence-electron chi connectivity index (χ4n) is 1.41. The summed E-state index contributed by atoms with van der Waals surface area (Å²) in [6.45, 7) is 0. The van der Waals surface area contributed by atoms with Gasteiger partial charge in [-0.25, -0.2) is 9.78 Å². The molecule has 2 aromatic heterocycles. The third kappa shape index (κ3) is 2.23. The van der Waals surface area contributed by atoms with Crippen LogP contribution >= 0.6 is 0 Å². The number of nitrogens with zero attached hydrogens (tertiary/aromatic N) is 2. The molecule has 2 rings (SSSR count). The molecule has 0 unspecified atom stereocenters. The first kappa shape index (κ1) is 11.1. The van der Waals surface area contributed by atoms with E-state index in [2.05, 4.69) is 9.72 Å². The predicted molar refractivity (Wildman–Crippen MR) is 61.2 cm³/mol. The second-order valence-corrected chi connectivity index (χ2v) is 3.30. The predicted octanol–water partition coefficient (Wildman–Crippen LogP) is 1.02. The SMILES string of the molecule is COC(=O)c1ccnc(-n2ccccc2=O)c1. The summed E-state index contributed by atoms with van der Waals surface area (Å²) >= 11 is 0. The molecule has 86 valence electrons. The van der Waals surface area contributed by atoms with Crippen LogP contribution in [-0.2, 0) is 4.74 Å². The Morgan fingerprint density at radius 3 is 2.88 bits per heavy atom. The van der Waals surface area contributed by atoms with Crippen molar-refractivity contribution in [2.24, 2.45) is 0 Å². The molecule has 0 spiro atoms. The quantitative estimate of drug-likeness (QED) is 0.722. The Morgan fingerprint density at radius 2 is 2.18 bits per heavy atom. The van der Waals surface area contributed by atoms with E-state index in [1.165, 1.54) is 36.1 Å². The molecule has 5 nitrogen and oxygen atoms in total. The smallest absolute Gasteiger partial charge is 0.338 e. The molecule has 0 radical (unpaired) electrons. The van der Waals surface area contributed by atoms with Gasteiger partial charge in [-0.2, -0.15) is 0 Å². The van der Waals surface area contributed by atoms with Crippen molar-refractivity contribution in [3.8, 4) is 5.82 Å². The fraction of sp³-hybridized carbons (Fsp3) is 0.0833. The number of carbonyl (C=O) groups is 1. The number of carbonyl (C=O) groups excluding carboxylic acids is 1. The van der Waals surface area contributed by atoms with Crippen LogP contribution in [0.15, 0.2) is 47.5 Å². The van der Waals surface area contributed by atoms with Crippen molar-refractivity contribution in [3.05, 3.63) is 58.6 Å². The Kier molecular flexibility index (Phi) is 3.00. The maximum absolute atomic E-state index is 11.6. The maximum Gasteiger partial charge on any atom is 0.338 e. The van der Waals surface area contributed by atoms with Crippen LogP contribution in [0.25, 0.3) is 5.82 Å². The van der Waals surface area contributed by atoms with Crippen molar-refractivity contribution >= 4 is 5.97 Å².